The molecule has 4 aliphatic heterocycles. The third kappa shape index (κ3) is 5.66. The Morgan fingerprint density at radius 1 is 1.17 bits per heavy atom. The highest BCUT2D eigenvalue weighted by molar-refractivity contribution is 5.90. The second-order valence-corrected chi connectivity index (χ2v) is 12.6. The Bertz CT molecular complexity index is 1880. The Labute approximate surface area is 271 Å². The zero-order valence-corrected chi connectivity index (χ0v) is 26.4. The molecule has 3 aromatic rings. The number of piperazine rings is 1. The summed E-state index contributed by atoms with van der Waals surface area (Å²) in [6, 6.07) is 7.66. The van der Waals surface area contributed by atoms with Crippen molar-refractivity contribution in [2.45, 2.75) is 69.7 Å². The molecule has 0 radical (unpaired) electrons. The summed E-state index contributed by atoms with van der Waals surface area (Å²) in [4.78, 5) is 57.1. The summed E-state index contributed by atoms with van der Waals surface area (Å²) in [5.41, 5.74) is 1.99. The first-order valence-electron chi connectivity index (χ1n) is 15.4. The number of rotatable bonds is 4. The van der Waals surface area contributed by atoms with Gasteiger partial charge in [-0.1, -0.05) is 6.92 Å². The lowest BCUT2D eigenvalue weighted by Gasteiger charge is -2.34. The Morgan fingerprint density at radius 3 is 2.44 bits per heavy atom. The molecule has 1 aromatic carbocycles. The van der Waals surface area contributed by atoms with E-state index >= 15 is 0 Å². The van der Waals surface area contributed by atoms with Crippen LogP contribution in [0.25, 0.3) is 22.3 Å². The molecule has 6 heterocycles. The van der Waals surface area contributed by atoms with Gasteiger partial charge in [-0.15, -0.1) is 0 Å². The average Bonchev–Trinajstić information content (AvgIpc) is 3.51. The number of halogens is 3. The number of carbonyl (C=O) groups excluding carboxylic acids is 2. The first kappa shape index (κ1) is 33.4. The van der Waals surface area contributed by atoms with Crippen LogP contribution in [0, 0.1) is 0 Å². The van der Waals surface area contributed by atoms with Crippen LogP contribution < -0.4 is 15.6 Å². The van der Waals surface area contributed by atoms with E-state index in [2.05, 4.69) is 5.32 Å². The Kier molecular flexibility index (Phi) is 8.46. The molecular weight excluding hydrogens is 639 g/mol. The molecule has 7 rings (SSSR count). The van der Waals surface area contributed by atoms with Gasteiger partial charge in [0.25, 0.3) is 5.56 Å². The average molecular weight is 674 g/mol. The minimum Gasteiger partial charge on any atom is -0.475 e. The van der Waals surface area contributed by atoms with Crippen LogP contribution in [0.2, 0.25) is 0 Å². The lowest BCUT2D eigenvalue weighted by atomic mass is 9.86. The summed E-state index contributed by atoms with van der Waals surface area (Å²) < 4.78 is 44.6. The minimum absolute atomic E-state index is 0.0879. The van der Waals surface area contributed by atoms with E-state index in [1.165, 1.54) is 0 Å². The van der Waals surface area contributed by atoms with Crippen LogP contribution in [0.1, 0.15) is 48.4 Å². The number of benzene rings is 1. The summed E-state index contributed by atoms with van der Waals surface area (Å²) in [5.74, 6) is -3.00. The molecule has 2 unspecified atom stereocenters. The Morgan fingerprint density at radius 2 is 1.83 bits per heavy atom. The largest absolute Gasteiger partial charge is 0.490 e. The van der Waals surface area contributed by atoms with Crippen LogP contribution in [0.4, 0.5) is 18.0 Å². The number of nitrogens with one attached hydrogen (secondary N) is 1. The fourth-order valence-corrected chi connectivity index (χ4v) is 6.89. The highest BCUT2D eigenvalue weighted by atomic mass is 19.4. The van der Waals surface area contributed by atoms with Crippen molar-refractivity contribution < 1.29 is 47.2 Å². The highest BCUT2D eigenvalue weighted by Crippen LogP contribution is 2.40. The number of aliphatic hydroxyl groups is 1. The standard InChI is InChI=1S/C30H33N5O6.C2HF3O2/c1-4-30(39)22-10-24-26-16(13-34(24)27(36)21(22)15-40-28(30)37)9-19-20(14-33(2)3)25(8-7-23(19)32-26)41-29(38)35-17-5-6-18(35)12-31-11-17;3-2(4,5)1(6)7/h7-10,17-18,31,39H,4-6,11-15H2,1-3H3;(H,6,7)/t17?,18?,30-;/m0./s1. The minimum atomic E-state index is -5.08. The number of nitrogens with zero attached hydrogens (tertiary/aromatic N) is 4. The summed E-state index contributed by atoms with van der Waals surface area (Å²) in [7, 11) is 3.92. The van der Waals surface area contributed by atoms with Gasteiger partial charge in [0.1, 0.15) is 12.4 Å². The molecule has 48 heavy (non-hydrogen) atoms. The van der Waals surface area contributed by atoms with Crippen molar-refractivity contribution >= 4 is 28.9 Å². The molecule has 13 nitrogen and oxygen atoms in total. The molecule has 0 spiro atoms. The number of carboxylic acid groups (broad SMARTS) is 1. The molecule has 4 aliphatic rings. The zero-order chi connectivity index (χ0) is 34.7. The SMILES string of the molecule is CC[C@@]1(O)C(=O)OCc2c1cc1n(c2=O)Cc2cc3c(CN(C)C)c(OC(=O)N4C5CCC4CNC5)ccc3nc2-1.O=C(O)C(F)(F)F. The van der Waals surface area contributed by atoms with Crippen molar-refractivity contribution in [2.75, 3.05) is 27.2 Å². The number of carbonyl (C=O) groups is 3. The van der Waals surface area contributed by atoms with E-state index in [4.69, 9.17) is 24.4 Å². The number of carboxylic acids is 1. The van der Waals surface area contributed by atoms with Crippen LogP contribution in [0.3, 0.4) is 0 Å². The number of aromatic nitrogens is 2. The monoisotopic (exact) mass is 673 g/mol. The molecule has 1 amide bonds. The summed E-state index contributed by atoms with van der Waals surface area (Å²) in [6.07, 6.45) is -3.36. The first-order valence-corrected chi connectivity index (χ1v) is 15.4. The van der Waals surface area contributed by atoms with Crippen LogP contribution in [0.5, 0.6) is 5.75 Å². The fraction of sp³-hybridized carbons (Fsp3) is 0.469. The number of esters is 1. The van der Waals surface area contributed by atoms with E-state index in [1.54, 1.807) is 23.6 Å². The number of cyclic esters (lactones) is 1. The normalized spacial score (nSPS) is 22.4. The van der Waals surface area contributed by atoms with E-state index in [0.717, 1.165) is 42.4 Å². The molecule has 2 bridgehead atoms. The summed E-state index contributed by atoms with van der Waals surface area (Å²) in [5, 5.41) is 22.5. The maximum atomic E-state index is 13.5. The zero-order valence-electron chi connectivity index (χ0n) is 26.4. The third-order valence-corrected chi connectivity index (χ3v) is 9.26. The van der Waals surface area contributed by atoms with Crippen LogP contribution >= 0.6 is 0 Å². The molecule has 2 saturated heterocycles. The second-order valence-electron chi connectivity index (χ2n) is 12.6. The van der Waals surface area contributed by atoms with Crippen molar-refractivity contribution in [3.05, 3.63) is 56.9 Å². The van der Waals surface area contributed by atoms with E-state index in [9.17, 15) is 32.7 Å². The molecule has 3 atom stereocenters. The van der Waals surface area contributed by atoms with Crippen molar-refractivity contribution in [1.82, 2.24) is 24.7 Å². The van der Waals surface area contributed by atoms with Gasteiger partial charge in [-0.25, -0.2) is 19.4 Å². The van der Waals surface area contributed by atoms with E-state index < -0.39 is 23.7 Å². The molecule has 2 aromatic heterocycles. The van der Waals surface area contributed by atoms with Gasteiger partial charge in [0.15, 0.2) is 5.60 Å². The number of ether oxygens (including phenoxy) is 2. The van der Waals surface area contributed by atoms with Crippen molar-refractivity contribution in [1.29, 1.82) is 0 Å². The van der Waals surface area contributed by atoms with Gasteiger partial charge >= 0.3 is 24.2 Å². The molecule has 16 heteroatoms. The number of fused-ring (bicyclic) bond motifs is 7. The Balaban J connectivity index is 0.000000519. The van der Waals surface area contributed by atoms with Gasteiger partial charge in [0.2, 0.25) is 0 Å². The number of hydrogen-bond acceptors (Lipinski definition) is 10. The lowest BCUT2D eigenvalue weighted by molar-refractivity contribution is -0.192. The number of alkyl halides is 3. The maximum absolute atomic E-state index is 13.5. The van der Waals surface area contributed by atoms with Gasteiger partial charge in [0.05, 0.1) is 29.0 Å². The second kappa shape index (κ2) is 12.2. The Hall–Kier alpha value is -4.54. The van der Waals surface area contributed by atoms with E-state index in [1.807, 2.05) is 36.0 Å². The molecular formula is C32H34F3N5O8. The molecule has 3 N–H and O–H groups in total. The van der Waals surface area contributed by atoms with Crippen LogP contribution in [-0.2, 0) is 39.6 Å². The van der Waals surface area contributed by atoms with Crippen LogP contribution in [-0.4, -0.2) is 93.0 Å². The number of aliphatic carboxylic acids is 1. The fourth-order valence-electron chi connectivity index (χ4n) is 6.89. The number of hydrogen-bond donors (Lipinski definition) is 3. The van der Waals surface area contributed by atoms with Crippen molar-refractivity contribution in [2.24, 2.45) is 0 Å². The topological polar surface area (TPSA) is 164 Å². The summed E-state index contributed by atoms with van der Waals surface area (Å²) in [6.45, 7) is 3.90. The third-order valence-electron chi connectivity index (χ3n) is 9.26. The van der Waals surface area contributed by atoms with Gasteiger partial charge in [-0.3, -0.25) is 9.69 Å². The van der Waals surface area contributed by atoms with Gasteiger partial charge < -0.3 is 34.5 Å². The van der Waals surface area contributed by atoms with E-state index in [-0.39, 0.29) is 36.8 Å². The summed E-state index contributed by atoms with van der Waals surface area (Å²) >= 11 is 0. The predicted octanol–water partition coefficient (Wildman–Crippen LogP) is 2.71. The van der Waals surface area contributed by atoms with Gasteiger partial charge in [-0.2, -0.15) is 13.2 Å². The van der Waals surface area contributed by atoms with Gasteiger partial charge in [0, 0.05) is 53.8 Å². The lowest BCUT2D eigenvalue weighted by Crippen LogP contribution is -2.55. The number of amides is 1. The number of pyridine rings is 2. The molecule has 0 saturated carbocycles. The molecule has 256 valence electrons. The highest BCUT2D eigenvalue weighted by Gasteiger charge is 2.46. The van der Waals surface area contributed by atoms with Crippen molar-refractivity contribution in [3.63, 3.8) is 0 Å². The molecule has 0 aliphatic carbocycles. The predicted molar refractivity (Wildman–Crippen MR) is 163 cm³/mol. The first-order chi connectivity index (χ1) is 22.6. The smallest absolute Gasteiger partial charge is 0.475 e. The molecule has 2 fully saturated rings. The van der Waals surface area contributed by atoms with Crippen molar-refractivity contribution in [3.8, 4) is 17.1 Å². The quantitative estimate of drug-likeness (QED) is 0.273. The maximum Gasteiger partial charge on any atom is 0.490 e. The van der Waals surface area contributed by atoms with E-state index in [0.29, 0.717) is 46.9 Å². The van der Waals surface area contributed by atoms with Crippen LogP contribution in [0.15, 0.2) is 29.1 Å². The van der Waals surface area contributed by atoms with Gasteiger partial charge in [-0.05, 0) is 57.6 Å².